The summed E-state index contributed by atoms with van der Waals surface area (Å²) in [6.45, 7) is 8.60. The molecule has 0 aromatic carbocycles. The second-order valence-corrected chi connectivity index (χ2v) is 3.02. The number of hydrogen-bond acceptors (Lipinski definition) is 2. The van der Waals surface area contributed by atoms with Gasteiger partial charge in [-0.05, 0) is 34.6 Å². The van der Waals surface area contributed by atoms with E-state index in [2.05, 4.69) is 0 Å². The van der Waals surface area contributed by atoms with E-state index in [9.17, 15) is 4.79 Å². The van der Waals surface area contributed by atoms with E-state index in [4.69, 9.17) is 10.2 Å². The van der Waals surface area contributed by atoms with Crippen molar-refractivity contribution >= 4 is 5.97 Å². The van der Waals surface area contributed by atoms with Gasteiger partial charge in [-0.3, -0.25) is 0 Å². The second-order valence-electron chi connectivity index (χ2n) is 3.02. The average molecular weight is 265 g/mol. The molecule has 0 saturated carbocycles. The maximum atomic E-state index is 10.1. The molecule has 0 unspecified atom stereocenters. The molecule has 13 heavy (non-hydrogen) atoms. The Bertz CT molecular complexity index is 167. The maximum Gasteiger partial charge on any atom is 0.331 e. The fraction of sp³-hybridized carbons (Fsp3) is 0.667. The van der Waals surface area contributed by atoms with Gasteiger partial charge in [0.15, 0.2) is 0 Å². The summed E-state index contributed by atoms with van der Waals surface area (Å²) in [5.41, 5.74) is 1.29. The van der Waals surface area contributed by atoms with Gasteiger partial charge in [0.25, 0.3) is 0 Å². The minimum atomic E-state index is -0.829. The van der Waals surface area contributed by atoms with E-state index in [0.717, 1.165) is 5.57 Å². The number of aliphatic hydroxyl groups excluding tert-OH is 1. The molecule has 0 rings (SSSR count). The van der Waals surface area contributed by atoms with Crippen molar-refractivity contribution in [3.8, 4) is 0 Å². The normalized spacial score (nSPS) is 7.92. The summed E-state index contributed by atoms with van der Waals surface area (Å²) in [5, 5.41) is 16.4. The van der Waals surface area contributed by atoms with Crippen LogP contribution < -0.4 is 0 Å². The molecule has 76 valence electrons. The fourth-order valence-corrected chi connectivity index (χ4v) is 0.214. The van der Waals surface area contributed by atoms with Crippen LogP contribution in [0.25, 0.3) is 0 Å². The zero-order valence-electron chi connectivity index (χ0n) is 8.88. The van der Waals surface area contributed by atoms with Crippen LogP contribution >= 0.6 is 0 Å². The van der Waals surface area contributed by atoms with Crippen LogP contribution in [-0.4, -0.2) is 22.3 Å². The summed E-state index contributed by atoms with van der Waals surface area (Å²) < 4.78 is 0. The van der Waals surface area contributed by atoms with Crippen LogP contribution in [0.15, 0.2) is 11.1 Å². The van der Waals surface area contributed by atoms with Gasteiger partial charge in [-0.2, -0.15) is 0 Å². The molecule has 0 heterocycles. The van der Waals surface area contributed by atoms with Crippen molar-refractivity contribution in [2.75, 3.05) is 0 Å². The third kappa shape index (κ3) is 18.8. The standard InChI is InChI=1S/C6H10O2.C3H8O.Zr/c1-4(2)5(3)6(7)8;1-3(2)4;/h1-3H3,(H,7,8);3-4H,1-2H3;. The van der Waals surface area contributed by atoms with Crippen molar-refractivity contribution in [2.24, 2.45) is 0 Å². The molecule has 0 aliphatic rings. The molecular weight excluding hydrogens is 247 g/mol. The topological polar surface area (TPSA) is 57.5 Å². The van der Waals surface area contributed by atoms with E-state index in [0.29, 0.717) is 5.57 Å². The number of allylic oxidation sites excluding steroid dienone is 1. The van der Waals surface area contributed by atoms with E-state index < -0.39 is 5.97 Å². The predicted molar refractivity (Wildman–Crippen MR) is 49.0 cm³/mol. The number of carbonyl (C=O) groups is 1. The van der Waals surface area contributed by atoms with Crippen LogP contribution in [0, 0.1) is 0 Å². The van der Waals surface area contributed by atoms with Gasteiger partial charge >= 0.3 is 5.97 Å². The minimum absolute atomic E-state index is 0. The Kier molecular flexibility index (Phi) is 14.6. The van der Waals surface area contributed by atoms with Crippen molar-refractivity contribution in [1.29, 1.82) is 0 Å². The van der Waals surface area contributed by atoms with E-state index in [1.165, 1.54) is 0 Å². The first-order valence-corrected chi connectivity index (χ1v) is 3.84. The number of hydrogen-bond donors (Lipinski definition) is 2. The zero-order valence-corrected chi connectivity index (χ0v) is 11.3. The SMILES string of the molecule is CC(C)=C(C)C(=O)O.CC(C)O.[Zr]. The summed E-state index contributed by atoms with van der Waals surface area (Å²) in [4.78, 5) is 10.1. The summed E-state index contributed by atoms with van der Waals surface area (Å²) >= 11 is 0. The molecule has 0 saturated heterocycles. The van der Waals surface area contributed by atoms with Crippen molar-refractivity contribution in [1.82, 2.24) is 0 Å². The molecule has 2 N–H and O–H groups in total. The van der Waals surface area contributed by atoms with Crippen molar-refractivity contribution in [3.05, 3.63) is 11.1 Å². The van der Waals surface area contributed by atoms with Gasteiger partial charge in [0.2, 0.25) is 0 Å². The van der Waals surface area contributed by atoms with Gasteiger partial charge in [-0.15, -0.1) is 0 Å². The molecule has 0 atom stereocenters. The van der Waals surface area contributed by atoms with Crippen LogP contribution in [-0.2, 0) is 31.0 Å². The Hall–Kier alpha value is 0.0531. The molecule has 0 aromatic heterocycles. The Morgan fingerprint density at radius 3 is 1.38 bits per heavy atom. The third-order valence-electron chi connectivity index (χ3n) is 1.07. The monoisotopic (exact) mass is 264 g/mol. The molecular formula is C9H18O3Zr. The number of aliphatic carboxylic acids is 1. The number of carboxylic acid groups (broad SMARTS) is 1. The summed E-state index contributed by atoms with van der Waals surface area (Å²) in [6.07, 6.45) is -0.167. The molecule has 0 bridgehead atoms. The van der Waals surface area contributed by atoms with Crippen LogP contribution in [0.4, 0.5) is 0 Å². The summed E-state index contributed by atoms with van der Waals surface area (Å²) in [5.74, 6) is -0.829. The maximum absolute atomic E-state index is 10.1. The molecule has 0 radical (unpaired) electrons. The Labute approximate surface area is 99.0 Å². The Morgan fingerprint density at radius 2 is 1.38 bits per heavy atom. The van der Waals surface area contributed by atoms with Gasteiger partial charge < -0.3 is 10.2 Å². The van der Waals surface area contributed by atoms with Gasteiger partial charge in [0.1, 0.15) is 0 Å². The van der Waals surface area contributed by atoms with E-state index in [1.54, 1.807) is 34.6 Å². The van der Waals surface area contributed by atoms with Gasteiger partial charge in [0, 0.05) is 37.9 Å². The average Bonchev–Trinajstić information content (AvgIpc) is 1.84. The first-order chi connectivity index (χ1) is 5.29. The zero-order chi connectivity index (χ0) is 10.3. The van der Waals surface area contributed by atoms with E-state index >= 15 is 0 Å². The fourth-order valence-electron chi connectivity index (χ4n) is 0.214. The Morgan fingerprint density at radius 1 is 1.15 bits per heavy atom. The molecule has 0 aromatic rings. The van der Waals surface area contributed by atoms with Crippen LogP contribution in [0.3, 0.4) is 0 Å². The van der Waals surface area contributed by atoms with Crippen LogP contribution in [0.1, 0.15) is 34.6 Å². The third-order valence-corrected chi connectivity index (χ3v) is 1.07. The molecule has 0 amide bonds. The van der Waals surface area contributed by atoms with Gasteiger partial charge in [0.05, 0.1) is 0 Å². The smallest absolute Gasteiger partial charge is 0.331 e. The molecule has 4 heteroatoms. The molecule has 0 spiro atoms. The van der Waals surface area contributed by atoms with E-state index in [1.807, 2.05) is 0 Å². The minimum Gasteiger partial charge on any atom is -0.478 e. The van der Waals surface area contributed by atoms with E-state index in [-0.39, 0.29) is 32.3 Å². The van der Waals surface area contributed by atoms with Crippen LogP contribution in [0.5, 0.6) is 0 Å². The quantitative estimate of drug-likeness (QED) is 0.711. The first-order valence-electron chi connectivity index (χ1n) is 3.84. The Balaban J connectivity index is -0.000000173. The summed E-state index contributed by atoms with van der Waals surface area (Å²) in [7, 11) is 0. The molecule has 0 fully saturated rings. The van der Waals surface area contributed by atoms with Crippen molar-refractivity contribution in [3.63, 3.8) is 0 Å². The number of carboxylic acids is 1. The molecule has 0 aliphatic heterocycles. The first kappa shape index (κ1) is 18.8. The number of aliphatic hydroxyl groups is 1. The number of rotatable bonds is 1. The summed E-state index contributed by atoms with van der Waals surface area (Å²) in [6, 6.07) is 0. The van der Waals surface area contributed by atoms with Crippen LogP contribution in [0.2, 0.25) is 0 Å². The molecule has 0 aliphatic carbocycles. The second kappa shape index (κ2) is 10.1. The molecule has 3 nitrogen and oxygen atoms in total. The van der Waals surface area contributed by atoms with Crippen molar-refractivity contribution < 1.29 is 41.2 Å². The van der Waals surface area contributed by atoms with Gasteiger partial charge in [-0.25, -0.2) is 4.79 Å². The van der Waals surface area contributed by atoms with Crippen molar-refractivity contribution in [2.45, 2.75) is 40.7 Å². The largest absolute Gasteiger partial charge is 0.478 e. The predicted octanol–water partition coefficient (Wildman–Crippen LogP) is 1.81. The van der Waals surface area contributed by atoms with Gasteiger partial charge in [-0.1, -0.05) is 5.57 Å².